The highest BCUT2D eigenvalue weighted by Crippen LogP contribution is 2.47. The van der Waals surface area contributed by atoms with Crippen molar-refractivity contribution < 1.29 is 23.8 Å². The Kier molecular flexibility index (Phi) is 5.56. The summed E-state index contributed by atoms with van der Waals surface area (Å²) in [6, 6.07) is 19.4. The quantitative estimate of drug-likeness (QED) is 0.622. The van der Waals surface area contributed by atoms with E-state index >= 15 is 0 Å². The monoisotopic (exact) mass is 417 g/mol. The minimum absolute atomic E-state index is 0.222. The minimum Gasteiger partial charge on any atom is -0.497 e. The standard InChI is InChI=1S/C25H20FNO4/c1-31-19-12-8-17(9-13-19)24-23(25(29)30)21-5-3-2-4-20(21)22(15-28)27(24)14-16-6-10-18(26)11-7-16/h2-13,23-24H,14H2,1H3,(H,29,30). The van der Waals surface area contributed by atoms with E-state index in [2.05, 4.69) is 0 Å². The van der Waals surface area contributed by atoms with Crippen LogP contribution >= 0.6 is 0 Å². The summed E-state index contributed by atoms with van der Waals surface area (Å²) in [6.45, 7) is 0.222. The van der Waals surface area contributed by atoms with Gasteiger partial charge in [0.2, 0.25) is 0 Å². The highest BCUT2D eigenvalue weighted by atomic mass is 19.1. The first kappa shape index (κ1) is 20.4. The molecule has 0 aromatic heterocycles. The Morgan fingerprint density at radius 3 is 2.35 bits per heavy atom. The van der Waals surface area contributed by atoms with E-state index in [9.17, 15) is 19.1 Å². The molecule has 0 radical (unpaired) electrons. The molecule has 0 aliphatic carbocycles. The first-order valence-electron chi connectivity index (χ1n) is 9.75. The number of methoxy groups -OCH3 is 1. The number of carbonyl (C=O) groups is 1. The third-order valence-corrected chi connectivity index (χ3v) is 5.58. The largest absolute Gasteiger partial charge is 0.497 e. The van der Waals surface area contributed by atoms with Gasteiger partial charge >= 0.3 is 5.97 Å². The molecule has 0 amide bonds. The predicted molar refractivity (Wildman–Crippen MR) is 114 cm³/mol. The van der Waals surface area contributed by atoms with Crippen molar-refractivity contribution in [3.05, 3.63) is 101 Å². The average Bonchev–Trinajstić information content (AvgIpc) is 2.79. The molecule has 1 aliphatic heterocycles. The summed E-state index contributed by atoms with van der Waals surface area (Å²) in [6.07, 6.45) is 0. The molecule has 0 saturated carbocycles. The zero-order valence-electron chi connectivity index (χ0n) is 16.8. The predicted octanol–water partition coefficient (Wildman–Crippen LogP) is 4.43. The number of halogens is 1. The molecule has 0 bridgehead atoms. The van der Waals surface area contributed by atoms with Gasteiger partial charge in [-0.05, 0) is 41.0 Å². The summed E-state index contributed by atoms with van der Waals surface area (Å²) in [5, 5.41) is 10.2. The van der Waals surface area contributed by atoms with Gasteiger partial charge in [0.25, 0.3) is 0 Å². The molecule has 31 heavy (non-hydrogen) atoms. The fraction of sp³-hybridized carbons (Fsp3) is 0.160. The molecular formula is C25H20FNO4. The van der Waals surface area contributed by atoms with Crippen LogP contribution in [0, 0.1) is 5.82 Å². The van der Waals surface area contributed by atoms with Crippen LogP contribution in [0.15, 0.2) is 72.8 Å². The fourth-order valence-corrected chi connectivity index (χ4v) is 4.15. The van der Waals surface area contributed by atoms with E-state index in [0.29, 0.717) is 16.9 Å². The third kappa shape index (κ3) is 3.81. The van der Waals surface area contributed by atoms with Crippen LogP contribution in [-0.2, 0) is 16.1 Å². The molecule has 0 spiro atoms. The first-order chi connectivity index (χ1) is 15.0. The second-order valence-electron chi connectivity index (χ2n) is 7.33. The maximum absolute atomic E-state index is 13.4. The van der Waals surface area contributed by atoms with E-state index in [4.69, 9.17) is 4.74 Å². The lowest BCUT2D eigenvalue weighted by atomic mass is 9.78. The van der Waals surface area contributed by atoms with Gasteiger partial charge in [-0.15, -0.1) is 0 Å². The zero-order chi connectivity index (χ0) is 22.0. The lowest BCUT2D eigenvalue weighted by Gasteiger charge is -2.42. The Balaban J connectivity index is 1.90. The number of carbonyl (C=O) groups excluding carboxylic acids is 1. The number of ether oxygens (including phenoxy) is 1. The molecule has 156 valence electrons. The number of aliphatic carboxylic acids is 1. The van der Waals surface area contributed by atoms with Crippen LogP contribution in [0.25, 0.3) is 5.70 Å². The number of hydrogen-bond acceptors (Lipinski definition) is 4. The van der Waals surface area contributed by atoms with Crippen LogP contribution in [0.3, 0.4) is 0 Å². The van der Waals surface area contributed by atoms with E-state index < -0.39 is 17.9 Å². The van der Waals surface area contributed by atoms with Crippen molar-refractivity contribution in [1.29, 1.82) is 0 Å². The number of nitrogens with zero attached hydrogens (tertiary/aromatic N) is 1. The molecule has 2 atom stereocenters. The lowest BCUT2D eigenvalue weighted by molar-refractivity contribution is -0.140. The lowest BCUT2D eigenvalue weighted by Crippen LogP contribution is -2.39. The van der Waals surface area contributed by atoms with Crippen LogP contribution in [0.4, 0.5) is 4.39 Å². The van der Waals surface area contributed by atoms with Gasteiger partial charge in [-0.25, -0.2) is 9.18 Å². The second kappa shape index (κ2) is 8.46. The fourth-order valence-electron chi connectivity index (χ4n) is 4.15. The number of fused-ring (bicyclic) bond motifs is 1. The van der Waals surface area contributed by atoms with Crippen molar-refractivity contribution in [3.63, 3.8) is 0 Å². The molecule has 0 fully saturated rings. The molecule has 4 rings (SSSR count). The smallest absolute Gasteiger partial charge is 0.313 e. The van der Waals surface area contributed by atoms with Crippen molar-refractivity contribution in [2.45, 2.75) is 18.5 Å². The molecule has 2 unspecified atom stereocenters. The third-order valence-electron chi connectivity index (χ3n) is 5.58. The van der Waals surface area contributed by atoms with Gasteiger partial charge in [0.15, 0.2) is 5.94 Å². The summed E-state index contributed by atoms with van der Waals surface area (Å²) >= 11 is 0. The molecule has 1 aliphatic rings. The molecule has 1 N–H and O–H groups in total. The summed E-state index contributed by atoms with van der Waals surface area (Å²) in [5.74, 6) is 0.387. The molecule has 3 aromatic rings. The van der Waals surface area contributed by atoms with Gasteiger partial charge in [0, 0.05) is 12.1 Å². The summed E-state index contributed by atoms with van der Waals surface area (Å²) in [4.78, 5) is 26.3. The normalized spacial score (nSPS) is 17.6. The maximum Gasteiger partial charge on any atom is 0.313 e. The maximum atomic E-state index is 13.4. The zero-order valence-corrected chi connectivity index (χ0v) is 16.8. The number of hydrogen-bond donors (Lipinski definition) is 1. The minimum atomic E-state index is -0.998. The van der Waals surface area contributed by atoms with Gasteiger partial charge in [-0.2, -0.15) is 0 Å². The Morgan fingerprint density at radius 1 is 1.06 bits per heavy atom. The Morgan fingerprint density at radius 2 is 1.74 bits per heavy atom. The van der Waals surface area contributed by atoms with Crippen LogP contribution < -0.4 is 4.74 Å². The molecule has 6 heteroatoms. The summed E-state index contributed by atoms with van der Waals surface area (Å²) in [5.41, 5.74) is 2.84. The van der Waals surface area contributed by atoms with E-state index in [1.54, 1.807) is 72.7 Å². The number of carboxylic acids is 1. The average molecular weight is 417 g/mol. The SMILES string of the molecule is COc1ccc(C2C(C(=O)O)c3ccccc3C(=C=O)N2Cc2ccc(F)cc2)cc1. The van der Waals surface area contributed by atoms with Crippen LogP contribution in [0.1, 0.15) is 34.2 Å². The van der Waals surface area contributed by atoms with Crippen molar-refractivity contribution in [1.82, 2.24) is 4.90 Å². The van der Waals surface area contributed by atoms with Gasteiger partial charge < -0.3 is 14.7 Å². The van der Waals surface area contributed by atoms with E-state index in [0.717, 1.165) is 11.1 Å². The Hall–Kier alpha value is -3.89. The van der Waals surface area contributed by atoms with Crippen LogP contribution in [0.5, 0.6) is 5.75 Å². The Bertz CT molecular complexity index is 1150. The number of benzene rings is 3. The van der Waals surface area contributed by atoms with E-state index in [1.807, 2.05) is 5.94 Å². The van der Waals surface area contributed by atoms with Crippen molar-refractivity contribution in [2.24, 2.45) is 0 Å². The highest BCUT2D eigenvalue weighted by Gasteiger charge is 2.43. The summed E-state index contributed by atoms with van der Waals surface area (Å²) < 4.78 is 18.6. The molecule has 1 heterocycles. The van der Waals surface area contributed by atoms with E-state index in [1.165, 1.54) is 12.1 Å². The van der Waals surface area contributed by atoms with Gasteiger partial charge in [-0.3, -0.25) is 4.79 Å². The first-order valence-corrected chi connectivity index (χ1v) is 9.75. The van der Waals surface area contributed by atoms with Crippen LogP contribution in [0.2, 0.25) is 0 Å². The number of carboxylic acid groups (broad SMARTS) is 1. The second-order valence-corrected chi connectivity index (χ2v) is 7.33. The summed E-state index contributed by atoms with van der Waals surface area (Å²) in [7, 11) is 1.56. The van der Waals surface area contributed by atoms with Gasteiger partial charge in [0.05, 0.1) is 13.2 Å². The molecule has 5 nitrogen and oxygen atoms in total. The van der Waals surface area contributed by atoms with Crippen molar-refractivity contribution in [3.8, 4) is 5.75 Å². The van der Waals surface area contributed by atoms with Gasteiger partial charge in [0.1, 0.15) is 23.2 Å². The van der Waals surface area contributed by atoms with E-state index in [-0.39, 0.29) is 18.1 Å². The van der Waals surface area contributed by atoms with Crippen molar-refractivity contribution >= 4 is 17.6 Å². The topological polar surface area (TPSA) is 66.8 Å². The highest BCUT2D eigenvalue weighted by molar-refractivity contribution is 5.92. The van der Waals surface area contributed by atoms with Crippen LogP contribution in [-0.4, -0.2) is 29.0 Å². The van der Waals surface area contributed by atoms with Gasteiger partial charge in [-0.1, -0.05) is 48.5 Å². The number of rotatable bonds is 5. The molecule has 3 aromatic carbocycles. The van der Waals surface area contributed by atoms with Crippen molar-refractivity contribution in [2.75, 3.05) is 7.11 Å². The molecule has 0 saturated heterocycles. The Labute approximate surface area is 179 Å². The molecular weight excluding hydrogens is 397 g/mol.